The van der Waals surface area contributed by atoms with Crippen molar-refractivity contribution >= 4 is 27.3 Å². The van der Waals surface area contributed by atoms with Crippen LogP contribution in [0.15, 0.2) is 48.5 Å². The van der Waals surface area contributed by atoms with E-state index in [9.17, 15) is 9.18 Å². The molecule has 0 radical (unpaired) electrons. The Morgan fingerprint density at radius 1 is 1.21 bits per heavy atom. The molecular formula is C19H19FN2OS. The fourth-order valence-corrected chi connectivity index (χ4v) is 3.70. The minimum atomic E-state index is -0.252. The molecule has 2 aromatic carbocycles. The second-order valence-corrected chi connectivity index (χ2v) is 6.75. The van der Waals surface area contributed by atoms with Gasteiger partial charge in [-0.15, -0.1) is 11.3 Å². The van der Waals surface area contributed by atoms with Gasteiger partial charge in [0.1, 0.15) is 5.82 Å². The SMILES string of the molecule is CNCCN(C)C(=O)c1cc2c(-c3ccc(F)cc3)cccc2s1. The normalized spacial score (nSPS) is 11.0. The molecule has 0 saturated heterocycles. The summed E-state index contributed by atoms with van der Waals surface area (Å²) < 4.78 is 14.2. The standard InChI is InChI=1S/C19H19FN2OS/c1-21-10-11-22(2)19(23)18-12-16-15(4-3-5-17(16)24-18)13-6-8-14(20)9-7-13/h3-9,12,21H,10-11H2,1-2H3. The van der Waals surface area contributed by atoms with E-state index in [2.05, 4.69) is 5.32 Å². The number of nitrogens with zero attached hydrogens (tertiary/aromatic N) is 1. The van der Waals surface area contributed by atoms with Gasteiger partial charge in [-0.05, 0) is 42.4 Å². The molecule has 124 valence electrons. The maximum Gasteiger partial charge on any atom is 0.263 e. The molecule has 0 fully saturated rings. The van der Waals surface area contributed by atoms with Gasteiger partial charge >= 0.3 is 0 Å². The van der Waals surface area contributed by atoms with Crippen molar-refractivity contribution < 1.29 is 9.18 Å². The van der Waals surface area contributed by atoms with Crippen LogP contribution in [-0.4, -0.2) is 38.0 Å². The molecule has 0 unspecified atom stereocenters. The van der Waals surface area contributed by atoms with Crippen molar-refractivity contribution in [1.82, 2.24) is 10.2 Å². The van der Waals surface area contributed by atoms with Crippen molar-refractivity contribution in [2.24, 2.45) is 0 Å². The number of likely N-dealkylation sites (N-methyl/N-ethyl adjacent to an activating group) is 2. The van der Waals surface area contributed by atoms with Crippen molar-refractivity contribution in [3.63, 3.8) is 0 Å². The number of halogens is 1. The third-order valence-electron chi connectivity index (χ3n) is 3.97. The summed E-state index contributed by atoms with van der Waals surface area (Å²) in [7, 11) is 3.68. The van der Waals surface area contributed by atoms with Crippen LogP contribution in [0.4, 0.5) is 4.39 Å². The summed E-state index contributed by atoms with van der Waals surface area (Å²) in [4.78, 5) is 15.0. The maximum atomic E-state index is 13.2. The van der Waals surface area contributed by atoms with E-state index in [1.807, 2.05) is 38.4 Å². The summed E-state index contributed by atoms with van der Waals surface area (Å²) in [6.45, 7) is 1.42. The lowest BCUT2D eigenvalue weighted by Gasteiger charge is -2.15. The molecule has 0 aliphatic rings. The van der Waals surface area contributed by atoms with Crippen LogP contribution in [0.5, 0.6) is 0 Å². The molecule has 3 rings (SSSR count). The molecule has 0 atom stereocenters. The Bertz CT molecular complexity index is 857. The summed E-state index contributed by atoms with van der Waals surface area (Å²) in [5.41, 5.74) is 1.96. The molecule has 0 bridgehead atoms. The van der Waals surface area contributed by atoms with Gasteiger partial charge in [0.2, 0.25) is 0 Å². The van der Waals surface area contributed by atoms with Gasteiger partial charge in [-0.3, -0.25) is 4.79 Å². The van der Waals surface area contributed by atoms with E-state index in [4.69, 9.17) is 0 Å². The van der Waals surface area contributed by atoms with Crippen LogP contribution in [0, 0.1) is 5.82 Å². The predicted molar refractivity (Wildman–Crippen MR) is 98.1 cm³/mol. The molecule has 0 aliphatic heterocycles. The highest BCUT2D eigenvalue weighted by atomic mass is 32.1. The Hall–Kier alpha value is -2.24. The summed E-state index contributed by atoms with van der Waals surface area (Å²) in [5.74, 6) is -0.227. The average molecular weight is 342 g/mol. The van der Waals surface area contributed by atoms with E-state index in [0.29, 0.717) is 6.54 Å². The number of hydrogen-bond acceptors (Lipinski definition) is 3. The summed E-state index contributed by atoms with van der Waals surface area (Å²) in [6.07, 6.45) is 0. The monoisotopic (exact) mass is 342 g/mol. The molecule has 1 N–H and O–H groups in total. The van der Waals surface area contributed by atoms with Crippen LogP contribution in [0.1, 0.15) is 9.67 Å². The zero-order chi connectivity index (χ0) is 17.1. The quantitative estimate of drug-likeness (QED) is 0.760. The van der Waals surface area contributed by atoms with E-state index < -0.39 is 0 Å². The first-order valence-corrected chi connectivity index (χ1v) is 8.60. The van der Waals surface area contributed by atoms with Crippen LogP contribution in [0.2, 0.25) is 0 Å². The minimum Gasteiger partial charge on any atom is -0.340 e. The second kappa shape index (κ2) is 7.11. The Morgan fingerprint density at radius 3 is 2.67 bits per heavy atom. The fraction of sp³-hybridized carbons (Fsp3) is 0.211. The van der Waals surface area contributed by atoms with Gasteiger partial charge in [0.15, 0.2) is 0 Å². The number of nitrogens with one attached hydrogen (secondary N) is 1. The van der Waals surface area contributed by atoms with Crippen LogP contribution >= 0.6 is 11.3 Å². The van der Waals surface area contributed by atoms with Gasteiger partial charge in [0.05, 0.1) is 4.88 Å². The van der Waals surface area contributed by atoms with Crippen LogP contribution in [0.25, 0.3) is 21.2 Å². The molecule has 0 aliphatic carbocycles. The highest BCUT2D eigenvalue weighted by molar-refractivity contribution is 7.20. The van der Waals surface area contributed by atoms with Crippen molar-refractivity contribution in [3.8, 4) is 11.1 Å². The zero-order valence-electron chi connectivity index (χ0n) is 13.7. The lowest BCUT2D eigenvalue weighted by Crippen LogP contribution is -2.32. The van der Waals surface area contributed by atoms with Gasteiger partial charge in [-0.25, -0.2) is 4.39 Å². The van der Waals surface area contributed by atoms with E-state index in [-0.39, 0.29) is 11.7 Å². The minimum absolute atomic E-state index is 0.0245. The molecule has 3 nitrogen and oxygen atoms in total. The summed E-state index contributed by atoms with van der Waals surface area (Å²) in [5, 5.41) is 4.07. The topological polar surface area (TPSA) is 32.3 Å². The lowest BCUT2D eigenvalue weighted by atomic mass is 10.0. The molecule has 1 aromatic heterocycles. The molecule has 1 heterocycles. The maximum absolute atomic E-state index is 13.2. The molecule has 5 heteroatoms. The third kappa shape index (κ3) is 3.32. The Morgan fingerprint density at radius 2 is 1.96 bits per heavy atom. The first-order valence-electron chi connectivity index (χ1n) is 7.78. The number of thiophene rings is 1. The molecule has 24 heavy (non-hydrogen) atoms. The number of amides is 1. The first-order chi connectivity index (χ1) is 11.6. The summed E-state index contributed by atoms with van der Waals surface area (Å²) >= 11 is 1.49. The first kappa shape index (κ1) is 16.6. The van der Waals surface area contributed by atoms with Crippen LogP contribution in [0.3, 0.4) is 0 Å². The van der Waals surface area contributed by atoms with Crippen molar-refractivity contribution in [3.05, 3.63) is 59.2 Å². The van der Waals surface area contributed by atoms with Gasteiger partial charge in [-0.1, -0.05) is 24.3 Å². The van der Waals surface area contributed by atoms with Crippen LogP contribution in [-0.2, 0) is 0 Å². The fourth-order valence-electron chi connectivity index (χ4n) is 2.62. The molecule has 0 saturated carbocycles. The van der Waals surface area contributed by atoms with Crippen LogP contribution < -0.4 is 5.32 Å². The summed E-state index contributed by atoms with van der Waals surface area (Å²) in [6, 6.07) is 14.4. The number of hydrogen-bond donors (Lipinski definition) is 1. The number of fused-ring (bicyclic) bond motifs is 1. The van der Waals surface area contributed by atoms with Crippen molar-refractivity contribution in [1.29, 1.82) is 0 Å². The molecule has 3 aromatic rings. The van der Waals surface area contributed by atoms with E-state index in [1.54, 1.807) is 17.0 Å². The lowest BCUT2D eigenvalue weighted by molar-refractivity contribution is 0.0801. The van der Waals surface area contributed by atoms with Gasteiger partial charge in [0.25, 0.3) is 5.91 Å². The smallest absolute Gasteiger partial charge is 0.263 e. The molecule has 1 amide bonds. The Balaban J connectivity index is 1.98. The van der Waals surface area contributed by atoms with E-state index in [1.165, 1.54) is 23.5 Å². The average Bonchev–Trinajstić information content (AvgIpc) is 3.04. The number of rotatable bonds is 5. The Kier molecular flexibility index (Phi) is 4.92. The van der Waals surface area contributed by atoms with Gasteiger partial charge in [0, 0.05) is 30.2 Å². The van der Waals surface area contributed by atoms with E-state index >= 15 is 0 Å². The Labute approximate surface area is 144 Å². The van der Waals surface area contributed by atoms with Gasteiger partial charge < -0.3 is 10.2 Å². The predicted octanol–water partition coefficient (Wildman–Crippen LogP) is 4.00. The number of carbonyl (C=O) groups is 1. The highest BCUT2D eigenvalue weighted by Crippen LogP contribution is 2.34. The highest BCUT2D eigenvalue weighted by Gasteiger charge is 2.16. The zero-order valence-corrected chi connectivity index (χ0v) is 14.5. The molecular weight excluding hydrogens is 323 g/mol. The van der Waals surface area contributed by atoms with E-state index in [0.717, 1.165) is 32.6 Å². The van der Waals surface area contributed by atoms with Gasteiger partial charge in [-0.2, -0.15) is 0 Å². The molecule has 0 spiro atoms. The number of benzene rings is 2. The third-order valence-corrected chi connectivity index (χ3v) is 5.06. The largest absolute Gasteiger partial charge is 0.340 e. The van der Waals surface area contributed by atoms with Crippen molar-refractivity contribution in [2.75, 3.05) is 27.2 Å². The number of carbonyl (C=O) groups excluding carboxylic acids is 1. The van der Waals surface area contributed by atoms with Crippen molar-refractivity contribution in [2.45, 2.75) is 0 Å². The second-order valence-electron chi connectivity index (χ2n) is 5.67.